The smallest absolute Gasteiger partial charge is 0.225 e. The summed E-state index contributed by atoms with van der Waals surface area (Å²) >= 11 is 2.95. The largest absolute Gasteiger partial charge is 0.351 e. The number of ketones is 1. The molecular formula is C15H17NO2S2. The van der Waals surface area contributed by atoms with Gasteiger partial charge in [-0.25, -0.2) is 0 Å². The summed E-state index contributed by atoms with van der Waals surface area (Å²) in [5.41, 5.74) is 0.328. The van der Waals surface area contributed by atoms with Gasteiger partial charge in [-0.2, -0.15) is 11.3 Å². The summed E-state index contributed by atoms with van der Waals surface area (Å²) in [6.07, 6.45) is 0. The molecule has 0 spiro atoms. The van der Waals surface area contributed by atoms with Gasteiger partial charge in [0, 0.05) is 21.2 Å². The molecule has 20 heavy (non-hydrogen) atoms. The minimum Gasteiger partial charge on any atom is -0.351 e. The predicted octanol–water partition coefficient (Wildman–Crippen LogP) is 3.70. The van der Waals surface area contributed by atoms with E-state index in [9.17, 15) is 9.59 Å². The first-order chi connectivity index (χ1) is 9.38. The monoisotopic (exact) mass is 307 g/mol. The molecular weight excluding hydrogens is 290 g/mol. The van der Waals surface area contributed by atoms with E-state index in [1.807, 2.05) is 49.7 Å². The zero-order chi connectivity index (χ0) is 14.8. The van der Waals surface area contributed by atoms with Crippen LogP contribution in [0.4, 0.5) is 0 Å². The van der Waals surface area contributed by atoms with Gasteiger partial charge in [-0.05, 0) is 23.6 Å². The molecule has 1 N–H and O–H groups in total. The van der Waals surface area contributed by atoms with Gasteiger partial charge >= 0.3 is 0 Å². The molecule has 0 aliphatic rings. The van der Waals surface area contributed by atoms with Crippen LogP contribution in [-0.4, -0.2) is 11.7 Å². The van der Waals surface area contributed by atoms with Gasteiger partial charge in [-0.1, -0.05) is 20.8 Å². The van der Waals surface area contributed by atoms with Crippen LogP contribution in [-0.2, 0) is 11.3 Å². The van der Waals surface area contributed by atoms with Crippen LogP contribution in [0.2, 0.25) is 0 Å². The normalized spacial score (nSPS) is 11.3. The van der Waals surface area contributed by atoms with Crippen LogP contribution in [0.3, 0.4) is 0 Å². The Balaban J connectivity index is 2.00. The quantitative estimate of drug-likeness (QED) is 0.875. The second-order valence-corrected chi connectivity index (χ2v) is 7.49. The summed E-state index contributed by atoms with van der Waals surface area (Å²) in [7, 11) is 0. The number of carbonyl (C=O) groups is 2. The van der Waals surface area contributed by atoms with Crippen LogP contribution < -0.4 is 5.32 Å². The van der Waals surface area contributed by atoms with Crippen LogP contribution >= 0.6 is 22.7 Å². The van der Waals surface area contributed by atoms with Crippen molar-refractivity contribution in [1.82, 2.24) is 5.32 Å². The predicted molar refractivity (Wildman–Crippen MR) is 83.4 cm³/mol. The van der Waals surface area contributed by atoms with E-state index in [-0.39, 0.29) is 11.7 Å². The zero-order valence-corrected chi connectivity index (χ0v) is 13.4. The number of hydrogen-bond donors (Lipinski definition) is 1. The summed E-state index contributed by atoms with van der Waals surface area (Å²) in [5.74, 6) is 0.0567. The maximum Gasteiger partial charge on any atom is 0.225 e. The molecule has 2 rings (SSSR count). The van der Waals surface area contributed by atoms with Crippen molar-refractivity contribution >= 4 is 34.4 Å². The van der Waals surface area contributed by atoms with Crippen LogP contribution in [0.5, 0.6) is 0 Å². The first-order valence-electron chi connectivity index (χ1n) is 6.32. The molecule has 0 aliphatic carbocycles. The number of rotatable bonds is 4. The summed E-state index contributed by atoms with van der Waals surface area (Å²) < 4.78 is 0. The SMILES string of the molecule is CC(C)(C)C(=O)NCc1ccc(C(=O)c2ccsc2)s1. The highest BCUT2D eigenvalue weighted by Gasteiger charge is 2.21. The first kappa shape index (κ1) is 14.9. The Labute approximate surface area is 126 Å². The lowest BCUT2D eigenvalue weighted by atomic mass is 9.96. The Morgan fingerprint density at radius 3 is 2.55 bits per heavy atom. The van der Waals surface area contributed by atoms with Crippen molar-refractivity contribution in [3.63, 3.8) is 0 Å². The second-order valence-electron chi connectivity index (χ2n) is 5.54. The van der Waals surface area contributed by atoms with Crippen molar-refractivity contribution in [2.75, 3.05) is 0 Å². The molecule has 0 bridgehead atoms. The fourth-order valence-electron chi connectivity index (χ4n) is 1.56. The van der Waals surface area contributed by atoms with Gasteiger partial charge in [0.25, 0.3) is 0 Å². The Kier molecular flexibility index (Phi) is 4.40. The van der Waals surface area contributed by atoms with E-state index in [4.69, 9.17) is 0 Å². The fourth-order valence-corrected chi connectivity index (χ4v) is 3.11. The summed E-state index contributed by atoms with van der Waals surface area (Å²) in [5, 5.41) is 6.63. The third-order valence-corrected chi connectivity index (χ3v) is 4.54. The second kappa shape index (κ2) is 5.89. The van der Waals surface area contributed by atoms with Gasteiger partial charge in [0.15, 0.2) is 0 Å². The molecule has 0 atom stereocenters. The molecule has 0 fully saturated rings. The van der Waals surface area contributed by atoms with Gasteiger partial charge in [-0.15, -0.1) is 11.3 Å². The van der Waals surface area contributed by atoms with E-state index >= 15 is 0 Å². The minimum absolute atomic E-state index is 0.0108. The van der Waals surface area contributed by atoms with Crippen molar-refractivity contribution in [1.29, 1.82) is 0 Å². The number of carbonyl (C=O) groups excluding carboxylic acids is 2. The van der Waals surface area contributed by atoms with E-state index in [1.165, 1.54) is 22.7 Å². The summed E-state index contributed by atoms with van der Waals surface area (Å²) in [6.45, 7) is 6.10. The first-order valence-corrected chi connectivity index (χ1v) is 8.08. The molecule has 2 aromatic rings. The highest BCUT2D eigenvalue weighted by atomic mass is 32.1. The third kappa shape index (κ3) is 3.55. The average Bonchev–Trinajstić information content (AvgIpc) is 3.05. The molecule has 0 saturated heterocycles. The van der Waals surface area contributed by atoms with Crippen LogP contribution in [0.15, 0.2) is 29.0 Å². The van der Waals surface area contributed by atoms with Crippen molar-refractivity contribution in [2.45, 2.75) is 27.3 Å². The molecule has 0 aromatic carbocycles. The van der Waals surface area contributed by atoms with Gasteiger partial charge in [0.05, 0.1) is 11.4 Å². The molecule has 0 radical (unpaired) electrons. The molecule has 106 valence electrons. The van der Waals surface area contributed by atoms with Gasteiger partial charge in [0.2, 0.25) is 11.7 Å². The number of thiophene rings is 2. The lowest BCUT2D eigenvalue weighted by Crippen LogP contribution is -2.34. The maximum atomic E-state index is 12.1. The molecule has 3 nitrogen and oxygen atoms in total. The molecule has 2 heterocycles. The minimum atomic E-state index is -0.396. The lowest BCUT2D eigenvalue weighted by Gasteiger charge is -2.17. The molecule has 1 amide bonds. The Hall–Kier alpha value is -1.46. The highest BCUT2D eigenvalue weighted by molar-refractivity contribution is 7.14. The fraction of sp³-hybridized carbons (Fsp3) is 0.333. The van der Waals surface area contributed by atoms with Crippen molar-refractivity contribution in [2.24, 2.45) is 5.41 Å². The van der Waals surface area contributed by atoms with E-state index in [0.29, 0.717) is 11.4 Å². The van der Waals surface area contributed by atoms with Crippen molar-refractivity contribution in [3.05, 3.63) is 44.3 Å². The van der Waals surface area contributed by atoms with E-state index in [1.54, 1.807) is 0 Å². The summed E-state index contributed by atoms with van der Waals surface area (Å²) in [4.78, 5) is 25.6. The Bertz CT molecular complexity index is 606. The number of amides is 1. The maximum absolute atomic E-state index is 12.1. The van der Waals surface area contributed by atoms with Gasteiger partial charge < -0.3 is 5.32 Å². The van der Waals surface area contributed by atoms with Crippen molar-refractivity contribution < 1.29 is 9.59 Å². The van der Waals surface area contributed by atoms with E-state index in [2.05, 4.69) is 5.32 Å². The molecule has 0 aliphatic heterocycles. The summed E-state index contributed by atoms with van der Waals surface area (Å²) in [6, 6.07) is 5.55. The van der Waals surface area contributed by atoms with Gasteiger partial charge in [-0.3, -0.25) is 9.59 Å². The Morgan fingerprint density at radius 2 is 1.95 bits per heavy atom. The van der Waals surface area contributed by atoms with Crippen molar-refractivity contribution in [3.8, 4) is 0 Å². The molecule has 0 saturated carbocycles. The van der Waals surface area contributed by atoms with Crippen LogP contribution in [0.1, 0.15) is 40.9 Å². The van der Waals surface area contributed by atoms with Crippen LogP contribution in [0.25, 0.3) is 0 Å². The topological polar surface area (TPSA) is 46.2 Å². The number of hydrogen-bond acceptors (Lipinski definition) is 4. The zero-order valence-electron chi connectivity index (χ0n) is 11.7. The van der Waals surface area contributed by atoms with Gasteiger partial charge in [0.1, 0.15) is 0 Å². The third-order valence-electron chi connectivity index (χ3n) is 2.77. The van der Waals surface area contributed by atoms with E-state index in [0.717, 1.165) is 10.4 Å². The Morgan fingerprint density at radius 1 is 1.20 bits per heavy atom. The standard InChI is InChI=1S/C15H17NO2S2/c1-15(2,3)14(18)16-8-11-4-5-12(20-11)13(17)10-6-7-19-9-10/h4-7,9H,8H2,1-3H3,(H,16,18). The molecule has 0 unspecified atom stereocenters. The molecule has 5 heteroatoms. The molecule has 2 aromatic heterocycles. The lowest BCUT2D eigenvalue weighted by molar-refractivity contribution is -0.128. The highest BCUT2D eigenvalue weighted by Crippen LogP contribution is 2.21. The van der Waals surface area contributed by atoms with Crippen LogP contribution in [0, 0.1) is 5.41 Å². The van der Waals surface area contributed by atoms with E-state index < -0.39 is 5.41 Å². The average molecular weight is 307 g/mol. The number of nitrogens with one attached hydrogen (secondary N) is 1.